The molecule has 0 saturated carbocycles. The van der Waals surface area contributed by atoms with E-state index in [0.29, 0.717) is 5.71 Å². The van der Waals surface area contributed by atoms with Crippen molar-refractivity contribution in [2.75, 3.05) is 0 Å². The predicted molar refractivity (Wildman–Crippen MR) is 83.7 cm³/mol. The molecule has 0 spiro atoms. The first-order valence-corrected chi connectivity index (χ1v) is 7.77. The molecule has 0 bridgehead atoms. The van der Waals surface area contributed by atoms with Gasteiger partial charge in [-0.1, -0.05) is 35.9 Å². The Bertz CT molecular complexity index is 679. The van der Waals surface area contributed by atoms with Gasteiger partial charge in [-0.2, -0.15) is 4.74 Å². The lowest BCUT2D eigenvalue weighted by Crippen LogP contribution is -2.45. The van der Waals surface area contributed by atoms with Crippen LogP contribution in [0.1, 0.15) is 29.9 Å². The zero-order valence-corrected chi connectivity index (χ0v) is 13.1. The van der Waals surface area contributed by atoms with Gasteiger partial charge in [-0.25, -0.2) is 0 Å². The Kier molecular flexibility index (Phi) is 3.36. The van der Waals surface area contributed by atoms with Gasteiger partial charge in [0.15, 0.2) is 0 Å². The van der Waals surface area contributed by atoms with Gasteiger partial charge in [-0.3, -0.25) is 0 Å². The van der Waals surface area contributed by atoms with Crippen molar-refractivity contribution >= 4 is 17.0 Å². The average molecular weight is 302 g/mol. The Hall–Kier alpha value is -1.69. The van der Waals surface area contributed by atoms with Gasteiger partial charge in [-0.15, -0.1) is 16.4 Å². The molecule has 1 aliphatic heterocycles. The molecule has 0 unspecified atom stereocenters. The number of nitrogens with zero attached hydrogens (tertiary/aromatic N) is 2. The smallest absolute Gasteiger partial charge is 0.274 e. The topological polar surface area (TPSA) is 49.5 Å². The molecule has 21 heavy (non-hydrogen) atoms. The Morgan fingerprint density at radius 2 is 1.95 bits per heavy atom. The minimum Gasteiger partial charge on any atom is -0.622 e. The molecular weight excluding hydrogens is 284 g/mol. The summed E-state index contributed by atoms with van der Waals surface area (Å²) >= 11 is 1.51. The van der Waals surface area contributed by atoms with E-state index >= 15 is 0 Å². The van der Waals surface area contributed by atoms with Crippen molar-refractivity contribution in [3.63, 3.8) is 0 Å². The molecule has 4 nitrogen and oxygen atoms in total. The van der Waals surface area contributed by atoms with E-state index in [2.05, 4.69) is 0 Å². The molecule has 0 fully saturated rings. The largest absolute Gasteiger partial charge is 0.622 e. The molecule has 1 aromatic carbocycles. The summed E-state index contributed by atoms with van der Waals surface area (Å²) in [5.74, 6) is 0. The molecule has 0 amide bonds. The Labute approximate surface area is 128 Å². The number of aryl methyl sites for hydroxylation is 1. The normalized spacial score (nSPS) is 26.6. The predicted octanol–water partition coefficient (Wildman–Crippen LogP) is 3.32. The maximum absolute atomic E-state index is 12.9. The van der Waals surface area contributed by atoms with Crippen molar-refractivity contribution in [2.45, 2.75) is 32.5 Å². The van der Waals surface area contributed by atoms with Crippen LogP contribution in [0.4, 0.5) is 0 Å². The van der Waals surface area contributed by atoms with Gasteiger partial charge in [0.05, 0.1) is 4.88 Å². The summed E-state index contributed by atoms with van der Waals surface area (Å²) < 4.78 is 0.939. The zero-order valence-electron chi connectivity index (χ0n) is 12.3. The maximum Gasteiger partial charge on any atom is 0.274 e. The fourth-order valence-electron chi connectivity index (χ4n) is 2.84. The average Bonchev–Trinajstić information content (AvgIpc) is 3.04. The second-order valence-corrected chi connectivity index (χ2v) is 6.51. The number of hydrogen-bond acceptors (Lipinski definition) is 4. The third-order valence-electron chi connectivity index (χ3n) is 4.20. The van der Waals surface area contributed by atoms with E-state index in [4.69, 9.17) is 0 Å². The van der Waals surface area contributed by atoms with E-state index in [1.807, 2.05) is 55.6 Å². The number of hydrogen-bond donors (Lipinski definition) is 1. The van der Waals surface area contributed by atoms with Gasteiger partial charge in [0, 0.05) is 12.5 Å². The van der Waals surface area contributed by atoms with E-state index in [-0.39, 0.29) is 6.04 Å². The fourth-order valence-corrected chi connectivity index (χ4v) is 3.67. The van der Waals surface area contributed by atoms with Gasteiger partial charge in [0.1, 0.15) is 6.04 Å². The first-order valence-electron chi connectivity index (χ1n) is 6.89. The molecular formula is C16H18N2O2S. The number of hydroxylamine groups is 3. The van der Waals surface area contributed by atoms with E-state index in [0.717, 1.165) is 25.8 Å². The Morgan fingerprint density at radius 3 is 2.52 bits per heavy atom. The highest BCUT2D eigenvalue weighted by molar-refractivity contribution is 7.12. The first kappa shape index (κ1) is 14.3. The van der Waals surface area contributed by atoms with E-state index in [9.17, 15) is 10.4 Å². The Balaban J connectivity index is 2.16. The van der Waals surface area contributed by atoms with Crippen LogP contribution in [-0.4, -0.2) is 26.8 Å². The van der Waals surface area contributed by atoms with Crippen molar-refractivity contribution in [1.29, 1.82) is 0 Å². The van der Waals surface area contributed by atoms with Gasteiger partial charge >= 0.3 is 0 Å². The molecule has 0 saturated heterocycles. The molecule has 110 valence electrons. The monoisotopic (exact) mass is 302 g/mol. The number of thiophene rings is 1. The van der Waals surface area contributed by atoms with Crippen LogP contribution in [-0.2, 0) is 5.66 Å². The minimum atomic E-state index is -1.10. The van der Waals surface area contributed by atoms with E-state index in [1.54, 1.807) is 6.92 Å². The van der Waals surface area contributed by atoms with E-state index in [1.165, 1.54) is 11.3 Å². The van der Waals surface area contributed by atoms with Crippen LogP contribution in [0.25, 0.3) is 0 Å². The summed E-state index contributed by atoms with van der Waals surface area (Å²) in [4.78, 5) is 0.896. The summed E-state index contributed by atoms with van der Waals surface area (Å²) in [7, 11) is 0. The van der Waals surface area contributed by atoms with Crippen LogP contribution in [0, 0.1) is 12.1 Å². The quantitative estimate of drug-likeness (QED) is 0.684. The molecule has 5 heteroatoms. The van der Waals surface area contributed by atoms with Gasteiger partial charge in [0.2, 0.25) is 5.71 Å². The summed E-state index contributed by atoms with van der Waals surface area (Å²) in [5, 5.41) is 26.6. The second-order valence-electron chi connectivity index (χ2n) is 5.56. The lowest BCUT2D eigenvalue weighted by atomic mass is 10.0. The van der Waals surface area contributed by atoms with E-state index < -0.39 is 5.66 Å². The van der Waals surface area contributed by atoms with Crippen LogP contribution >= 0.6 is 11.3 Å². The molecule has 1 aliphatic rings. The minimum absolute atomic E-state index is 0.354. The van der Waals surface area contributed by atoms with Crippen LogP contribution in [0.3, 0.4) is 0 Å². The first-order chi connectivity index (χ1) is 9.96. The van der Waals surface area contributed by atoms with Crippen LogP contribution in [0.2, 0.25) is 0 Å². The molecule has 2 atom stereocenters. The van der Waals surface area contributed by atoms with Gasteiger partial charge in [-0.05, 0) is 25.3 Å². The third kappa shape index (κ3) is 2.00. The third-order valence-corrected chi connectivity index (χ3v) is 5.09. The SMILES string of the molecule is Cc1ccc([C@@]2(C)N(O)[C@H](C)C(c3cccs3)=[N+]2[O-])cc1. The molecule has 0 radical (unpaired) electrons. The van der Waals surface area contributed by atoms with Crippen LogP contribution < -0.4 is 0 Å². The van der Waals surface area contributed by atoms with Crippen LogP contribution in [0.15, 0.2) is 41.8 Å². The molecule has 2 heterocycles. The summed E-state index contributed by atoms with van der Waals surface area (Å²) in [6.45, 7) is 5.60. The lowest BCUT2D eigenvalue weighted by molar-refractivity contribution is -0.595. The van der Waals surface area contributed by atoms with Gasteiger partial charge in [0.25, 0.3) is 5.66 Å². The second kappa shape index (κ2) is 4.94. The number of rotatable bonds is 2. The molecule has 1 aromatic heterocycles. The Morgan fingerprint density at radius 1 is 1.29 bits per heavy atom. The van der Waals surface area contributed by atoms with Crippen LogP contribution in [0.5, 0.6) is 0 Å². The van der Waals surface area contributed by atoms with Crippen molar-refractivity contribution in [1.82, 2.24) is 5.06 Å². The standard InChI is InChI=1S/C16H18N2O2S/c1-11-6-8-13(9-7-11)16(3)17(19)12(2)15(18(16)20)14-5-4-10-21-14/h4-10,12,19H,1-3H3/t12-,16+/m1/s1. The molecule has 2 aromatic rings. The summed E-state index contributed by atoms with van der Waals surface area (Å²) in [6.07, 6.45) is 0. The summed E-state index contributed by atoms with van der Waals surface area (Å²) in [6, 6.07) is 11.2. The highest BCUT2D eigenvalue weighted by Crippen LogP contribution is 2.37. The highest BCUT2D eigenvalue weighted by atomic mass is 32.1. The summed E-state index contributed by atoms with van der Waals surface area (Å²) in [5.41, 5.74) is 1.41. The highest BCUT2D eigenvalue weighted by Gasteiger charge is 2.54. The maximum atomic E-state index is 12.9. The fraction of sp³-hybridized carbons (Fsp3) is 0.312. The molecule has 0 aliphatic carbocycles. The molecule has 1 N–H and O–H groups in total. The lowest BCUT2D eigenvalue weighted by Gasteiger charge is -2.29. The van der Waals surface area contributed by atoms with Crippen molar-refractivity contribution in [3.05, 3.63) is 63.0 Å². The van der Waals surface area contributed by atoms with Crippen molar-refractivity contribution < 1.29 is 9.95 Å². The zero-order chi connectivity index (χ0) is 15.2. The molecule has 3 rings (SSSR count). The van der Waals surface area contributed by atoms with Crippen molar-refractivity contribution in [2.24, 2.45) is 0 Å². The van der Waals surface area contributed by atoms with Crippen molar-refractivity contribution in [3.8, 4) is 0 Å². The number of benzene rings is 1. The van der Waals surface area contributed by atoms with Gasteiger partial charge < -0.3 is 10.4 Å².